The van der Waals surface area contributed by atoms with Crippen LogP contribution in [0.1, 0.15) is 18.2 Å². The molecule has 3 atom stereocenters. The third-order valence-electron chi connectivity index (χ3n) is 2.82. The Bertz CT molecular complexity index is 473. The summed E-state index contributed by atoms with van der Waals surface area (Å²) in [5.41, 5.74) is 5.57. The Kier molecular flexibility index (Phi) is 3.14. The van der Waals surface area contributed by atoms with Crippen molar-refractivity contribution in [1.29, 1.82) is 0 Å². The molecule has 0 saturated carbocycles. The van der Waals surface area contributed by atoms with Crippen molar-refractivity contribution in [2.45, 2.75) is 31.8 Å². The van der Waals surface area contributed by atoms with E-state index in [1.807, 2.05) is 0 Å². The molecule has 0 aliphatic carbocycles. The first-order valence-electron chi connectivity index (χ1n) is 5.32. The molecule has 2 rings (SSSR count). The lowest BCUT2D eigenvalue weighted by Crippen LogP contribution is -2.32. The SMILES string of the molecule is Cc1cn(C2OC(CO)CC2O)c(=O)nc1N. The number of aromatic nitrogens is 2. The number of anilines is 1. The smallest absolute Gasteiger partial charge is 0.351 e. The van der Waals surface area contributed by atoms with Crippen molar-refractivity contribution >= 4 is 5.82 Å². The van der Waals surface area contributed by atoms with Crippen molar-refractivity contribution in [2.75, 3.05) is 12.3 Å². The average Bonchev–Trinajstić information content (AvgIpc) is 2.65. The van der Waals surface area contributed by atoms with Gasteiger partial charge in [-0.05, 0) is 6.92 Å². The van der Waals surface area contributed by atoms with Crippen molar-refractivity contribution in [1.82, 2.24) is 9.55 Å². The zero-order chi connectivity index (χ0) is 12.6. The molecule has 17 heavy (non-hydrogen) atoms. The molecular formula is C10H15N3O4. The van der Waals surface area contributed by atoms with Crippen LogP contribution < -0.4 is 11.4 Å². The minimum absolute atomic E-state index is 0.164. The highest BCUT2D eigenvalue weighted by atomic mass is 16.5. The summed E-state index contributed by atoms with van der Waals surface area (Å²) < 4.78 is 6.57. The Labute approximate surface area is 97.5 Å². The fourth-order valence-corrected chi connectivity index (χ4v) is 1.86. The molecular weight excluding hydrogens is 226 g/mol. The number of nitrogen functional groups attached to an aromatic ring is 1. The molecule has 3 unspecified atom stereocenters. The van der Waals surface area contributed by atoms with Gasteiger partial charge in [0.25, 0.3) is 0 Å². The molecule has 1 aromatic heterocycles. The Morgan fingerprint density at radius 2 is 2.41 bits per heavy atom. The van der Waals surface area contributed by atoms with E-state index in [-0.39, 0.29) is 18.8 Å². The van der Waals surface area contributed by atoms with Crippen LogP contribution in [0.5, 0.6) is 0 Å². The maximum Gasteiger partial charge on any atom is 0.351 e. The quantitative estimate of drug-likeness (QED) is 0.598. The summed E-state index contributed by atoms with van der Waals surface area (Å²) in [6, 6.07) is 0. The Morgan fingerprint density at radius 3 is 3.00 bits per heavy atom. The van der Waals surface area contributed by atoms with E-state index in [1.165, 1.54) is 10.8 Å². The van der Waals surface area contributed by atoms with E-state index < -0.39 is 24.1 Å². The lowest BCUT2D eigenvalue weighted by Gasteiger charge is -2.17. The fraction of sp³-hybridized carbons (Fsp3) is 0.600. The van der Waals surface area contributed by atoms with Crippen LogP contribution in [0.25, 0.3) is 0 Å². The topological polar surface area (TPSA) is 111 Å². The number of nitrogens with two attached hydrogens (primary N) is 1. The maximum atomic E-state index is 11.6. The van der Waals surface area contributed by atoms with Gasteiger partial charge in [-0.25, -0.2) is 4.79 Å². The number of hydrogen-bond acceptors (Lipinski definition) is 6. The van der Waals surface area contributed by atoms with Gasteiger partial charge in [0, 0.05) is 18.2 Å². The van der Waals surface area contributed by atoms with Crippen LogP contribution in [0, 0.1) is 6.92 Å². The van der Waals surface area contributed by atoms with Crippen LogP contribution in [0.3, 0.4) is 0 Å². The molecule has 0 radical (unpaired) electrons. The Balaban J connectivity index is 2.35. The number of ether oxygens (including phenoxy) is 1. The highest BCUT2D eigenvalue weighted by molar-refractivity contribution is 5.35. The molecule has 0 bridgehead atoms. The highest BCUT2D eigenvalue weighted by Crippen LogP contribution is 2.27. The third kappa shape index (κ3) is 2.17. The van der Waals surface area contributed by atoms with Gasteiger partial charge in [-0.3, -0.25) is 4.57 Å². The number of rotatable bonds is 2. The van der Waals surface area contributed by atoms with E-state index in [1.54, 1.807) is 6.92 Å². The number of aliphatic hydroxyl groups is 2. The maximum absolute atomic E-state index is 11.6. The predicted octanol–water partition coefficient (Wildman–Crippen LogP) is -1.23. The van der Waals surface area contributed by atoms with Crippen molar-refractivity contribution in [3.63, 3.8) is 0 Å². The van der Waals surface area contributed by atoms with Crippen LogP contribution in [0.15, 0.2) is 11.0 Å². The van der Waals surface area contributed by atoms with Gasteiger partial charge in [0.15, 0.2) is 6.23 Å². The average molecular weight is 241 g/mol. The van der Waals surface area contributed by atoms with Gasteiger partial charge in [0.2, 0.25) is 0 Å². The summed E-state index contributed by atoms with van der Waals surface area (Å²) in [5, 5.41) is 18.7. The number of nitrogens with zero attached hydrogens (tertiary/aromatic N) is 2. The van der Waals surface area contributed by atoms with Gasteiger partial charge in [-0.1, -0.05) is 0 Å². The molecule has 1 saturated heterocycles. The molecule has 0 spiro atoms. The van der Waals surface area contributed by atoms with Crippen LogP contribution in [-0.4, -0.2) is 38.6 Å². The number of aryl methyl sites for hydroxylation is 1. The van der Waals surface area contributed by atoms with Gasteiger partial charge < -0.3 is 20.7 Å². The Hall–Kier alpha value is -1.44. The first kappa shape index (κ1) is 12.0. The summed E-state index contributed by atoms with van der Waals surface area (Å²) >= 11 is 0. The lowest BCUT2D eigenvalue weighted by atomic mass is 10.2. The van der Waals surface area contributed by atoms with Crippen LogP contribution in [0.4, 0.5) is 5.82 Å². The van der Waals surface area contributed by atoms with Gasteiger partial charge in [0.1, 0.15) is 11.9 Å². The van der Waals surface area contributed by atoms with Crippen LogP contribution in [0.2, 0.25) is 0 Å². The second kappa shape index (κ2) is 4.44. The van der Waals surface area contributed by atoms with Gasteiger partial charge in [0.05, 0.1) is 12.7 Å². The fourth-order valence-electron chi connectivity index (χ4n) is 1.86. The molecule has 7 heteroatoms. The van der Waals surface area contributed by atoms with E-state index >= 15 is 0 Å². The van der Waals surface area contributed by atoms with Gasteiger partial charge in [-0.15, -0.1) is 0 Å². The molecule has 7 nitrogen and oxygen atoms in total. The predicted molar refractivity (Wildman–Crippen MR) is 59.3 cm³/mol. The number of hydrogen-bond donors (Lipinski definition) is 3. The molecule has 0 amide bonds. The van der Waals surface area contributed by atoms with Gasteiger partial charge in [-0.2, -0.15) is 4.98 Å². The highest BCUT2D eigenvalue weighted by Gasteiger charge is 2.35. The standard InChI is InChI=1S/C10H15N3O4/c1-5-3-13(10(16)12-8(5)11)9-7(15)2-6(4-14)17-9/h3,6-7,9,14-15H,2,4H2,1H3,(H2,11,12,16). The lowest BCUT2D eigenvalue weighted by molar-refractivity contribution is -0.0530. The van der Waals surface area contributed by atoms with E-state index in [2.05, 4.69) is 4.98 Å². The second-order valence-electron chi connectivity index (χ2n) is 4.13. The number of aliphatic hydroxyl groups excluding tert-OH is 2. The van der Waals surface area contributed by atoms with E-state index in [9.17, 15) is 9.90 Å². The van der Waals surface area contributed by atoms with Crippen molar-refractivity contribution < 1.29 is 14.9 Å². The molecule has 94 valence electrons. The Morgan fingerprint density at radius 1 is 1.71 bits per heavy atom. The first-order valence-corrected chi connectivity index (χ1v) is 5.32. The summed E-state index contributed by atoms with van der Waals surface area (Å²) in [5.74, 6) is 0.164. The molecule has 1 aromatic rings. The van der Waals surface area contributed by atoms with Crippen molar-refractivity contribution in [3.8, 4) is 0 Å². The monoisotopic (exact) mass is 241 g/mol. The van der Waals surface area contributed by atoms with Crippen LogP contribution >= 0.6 is 0 Å². The second-order valence-corrected chi connectivity index (χ2v) is 4.13. The third-order valence-corrected chi connectivity index (χ3v) is 2.82. The zero-order valence-electron chi connectivity index (χ0n) is 9.41. The summed E-state index contributed by atoms with van der Waals surface area (Å²) in [7, 11) is 0. The normalized spacial score (nSPS) is 28.5. The minimum Gasteiger partial charge on any atom is -0.394 e. The summed E-state index contributed by atoms with van der Waals surface area (Å²) in [4.78, 5) is 15.3. The zero-order valence-corrected chi connectivity index (χ0v) is 9.41. The van der Waals surface area contributed by atoms with Crippen molar-refractivity contribution in [3.05, 3.63) is 22.2 Å². The first-order chi connectivity index (χ1) is 8.02. The molecule has 1 aliphatic rings. The summed E-state index contributed by atoms with van der Waals surface area (Å²) in [6.45, 7) is 1.52. The molecule has 1 fully saturated rings. The van der Waals surface area contributed by atoms with E-state index in [0.717, 1.165) is 0 Å². The molecule has 2 heterocycles. The minimum atomic E-state index is -0.838. The molecule has 1 aliphatic heterocycles. The van der Waals surface area contributed by atoms with E-state index in [0.29, 0.717) is 5.56 Å². The van der Waals surface area contributed by atoms with Gasteiger partial charge >= 0.3 is 5.69 Å². The molecule has 4 N–H and O–H groups in total. The molecule has 0 aromatic carbocycles. The largest absolute Gasteiger partial charge is 0.394 e. The van der Waals surface area contributed by atoms with Crippen LogP contribution in [-0.2, 0) is 4.74 Å². The van der Waals surface area contributed by atoms with Crippen molar-refractivity contribution in [2.24, 2.45) is 0 Å². The van der Waals surface area contributed by atoms with E-state index in [4.69, 9.17) is 15.6 Å². The summed E-state index contributed by atoms with van der Waals surface area (Å²) in [6.07, 6.45) is -0.323.